The average Bonchev–Trinajstić information content (AvgIpc) is 3.24. The summed E-state index contributed by atoms with van der Waals surface area (Å²) < 4.78 is 12.6. The lowest BCUT2D eigenvalue weighted by atomic mass is 10.1. The Bertz CT molecular complexity index is 890. The van der Waals surface area contributed by atoms with Gasteiger partial charge < -0.3 is 19.4 Å². The number of ether oxygens (including phenoxy) is 2. The third-order valence-corrected chi connectivity index (χ3v) is 4.52. The van der Waals surface area contributed by atoms with Crippen LogP contribution in [0.25, 0.3) is 0 Å². The predicted octanol–water partition coefficient (Wildman–Crippen LogP) is 3.31. The second kappa shape index (κ2) is 9.60. The van der Waals surface area contributed by atoms with Crippen molar-refractivity contribution < 1.29 is 14.3 Å². The molecule has 0 fully saturated rings. The van der Waals surface area contributed by atoms with Gasteiger partial charge in [-0.3, -0.25) is 4.79 Å². The highest BCUT2D eigenvalue weighted by atomic mass is 16.5. The molecule has 0 saturated heterocycles. The van der Waals surface area contributed by atoms with E-state index in [0.717, 1.165) is 42.0 Å². The van der Waals surface area contributed by atoms with Crippen LogP contribution in [-0.2, 0) is 13.0 Å². The van der Waals surface area contributed by atoms with E-state index in [1.807, 2.05) is 53.2 Å². The molecular weight excluding hydrogens is 354 g/mol. The fourth-order valence-electron chi connectivity index (χ4n) is 2.99. The van der Waals surface area contributed by atoms with E-state index >= 15 is 0 Å². The quantitative estimate of drug-likeness (QED) is 0.579. The van der Waals surface area contributed by atoms with Crippen molar-refractivity contribution in [3.8, 4) is 11.5 Å². The van der Waals surface area contributed by atoms with E-state index in [0.29, 0.717) is 12.1 Å². The Labute approximate surface area is 165 Å². The molecule has 1 heterocycles. The van der Waals surface area contributed by atoms with Gasteiger partial charge in [-0.15, -0.1) is 0 Å². The second-order valence-corrected chi connectivity index (χ2v) is 6.48. The Morgan fingerprint density at radius 2 is 1.79 bits per heavy atom. The first kappa shape index (κ1) is 19.5. The number of methoxy groups -OCH3 is 2. The predicted molar refractivity (Wildman–Crippen MR) is 108 cm³/mol. The van der Waals surface area contributed by atoms with Gasteiger partial charge in [0.05, 0.1) is 20.5 Å². The molecule has 0 unspecified atom stereocenters. The lowest BCUT2D eigenvalue weighted by Crippen LogP contribution is -2.24. The highest BCUT2D eigenvalue weighted by Gasteiger charge is 2.07. The van der Waals surface area contributed by atoms with E-state index in [2.05, 4.69) is 10.3 Å². The van der Waals surface area contributed by atoms with Gasteiger partial charge in [-0.1, -0.05) is 18.2 Å². The second-order valence-electron chi connectivity index (χ2n) is 6.48. The summed E-state index contributed by atoms with van der Waals surface area (Å²) in [7, 11) is 3.25. The molecule has 1 amide bonds. The van der Waals surface area contributed by atoms with Crippen LogP contribution >= 0.6 is 0 Å². The van der Waals surface area contributed by atoms with Crippen molar-refractivity contribution in [1.29, 1.82) is 0 Å². The first-order chi connectivity index (χ1) is 13.7. The lowest BCUT2D eigenvalue weighted by Gasteiger charge is -2.10. The molecule has 0 atom stereocenters. The van der Waals surface area contributed by atoms with Crippen molar-refractivity contribution in [3.63, 3.8) is 0 Å². The fourth-order valence-corrected chi connectivity index (χ4v) is 2.99. The Hall–Kier alpha value is -3.28. The van der Waals surface area contributed by atoms with Gasteiger partial charge in [-0.2, -0.15) is 0 Å². The van der Waals surface area contributed by atoms with Crippen LogP contribution in [0.15, 0.2) is 61.2 Å². The first-order valence-corrected chi connectivity index (χ1v) is 9.23. The number of carbonyl (C=O) groups is 1. The Morgan fingerprint density at radius 1 is 1.04 bits per heavy atom. The molecule has 28 heavy (non-hydrogen) atoms. The maximum absolute atomic E-state index is 12.3. The van der Waals surface area contributed by atoms with Gasteiger partial charge >= 0.3 is 0 Å². The van der Waals surface area contributed by atoms with Crippen molar-refractivity contribution >= 4 is 5.91 Å². The van der Waals surface area contributed by atoms with E-state index < -0.39 is 0 Å². The van der Waals surface area contributed by atoms with Crippen molar-refractivity contribution in [3.05, 3.63) is 77.9 Å². The molecule has 0 aliphatic carbocycles. The molecule has 3 rings (SSSR count). The topological polar surface area (TPSA) is 65.4 Å². The minimum atomic E-state index is -0.0542. The standard InChI is InChI=1S/C22H25N3O3/c1-27-20-10-7-17(14-21(20)28-2)4-3-11-24-22(26)19-8-5-18(6-9-19)15-25-13-12-23-16-25/h5-10,12-14,16H,3-4,11,15H2,1-2H3,(H,24,26). The third-order valence-electron chi connectivity index (χ3n) is 4.52. The summed E-state index contributed by atoms with van der Waals surface area (Å²) in [6.07, 6.45) is 7.15. The summed E-state index contributed by atoms with van der Waals surface area (Å²) in [5.74, 6) is 1.39. The molecule has 0 aliphatic rings. The molecule has 1 N–H and O–H groups in total. The van der Waals surface area contributed by atoms with E-state index in [1.165, 1.54) is 0 Å². The first-order valence-electron chi connectivity index (χ1n) is 9.23. The molecule has 3 aromatic rings. The average molecular weight is 379 g/mol. The number of nitrogens with zero attached hydrogens (tertiary/aromatic N) is 2. The van der Waals surface area contributed by atoms with Crippen LogP contribution in [0, 0.1) is 0 Å². The Kier molecular flexibility index (Phi) is 6.68. The molecule has 0 spiro atoms. The van der Waals surface area contributed by atoms with Crippen LogP contribution in [0.4, 0.5) is 0 Å². The fraction of sp³-hybridized carbons (Fsp3) is 0.273. The summed E-state index contributed by atoms with van der Waals surface area (Å²) in [4.78, 5) is 16.3. The summed E-state index contributed by atoms with van der Waals surface area (Å²) in [6.45, 7) is 1.36. The number of carbonyl (C=O) groups excluding carboxylic acids is 1. The highest BCUT2D eigenvalue weighted by Crippen LogP contribution is 2.27. The molecule has 0 saturated carbocycles. The maximum atomic E-state index is 12.3. The van der Waals surface area contributed by atoms with Crippen LogP contribution in [-0.4, -0.2) is 36.2 Å². The van der Waals surface area contributed by atoms with E-state index in [9.17, 15) is 4.79 Å². The number of nitrogens with one attached hydrogen (secondary N) is 1. The largest absolute Gasteiger partial charge is 0.493 e. The number of hydrogen-bond donors (Lipinski definition) is 1. The molecule has 0 bridgehead atoms. The van der Waals surface area contributed by atoms with Gasteiger partial charge in [-0.05, 0) is 48.2 Å². The number of hydrogen-bond acceptors (Lipinski definition) is 4. The minimum Gasteiger partial charge on any atom is -0.493 e. The number of benzene rings is 2. The maximum Gasteiger partial charge on any atom is 0.251 e. The van der Waals surface area contributed by atoms with Crippen molar-refractivity contribution in [2.45, 2.75) is 19.4 Å². The van der Waals surface area contributed by atoms with Crippen LogP contribution in [0.2, 0.25) is 0 Å². The molecule has 2 aromatic carbocycles. The third kappa shape index (κ3) is 5.13. The van der Waals surface area contributed by atoms with Gasteiger partial charge in [0, 0.05) is 31.0 Å². The molecular formula is C22H25N3O3. The smallest absolute Gasteiger partial charge is 0.251 e. The minimum absolute atomic E-state index is 0.0542. The number of rotatable bonds is 9. The zero-order valence-corrected chi connectivity index (χ0v) is 16.2. The summed E-state index contributed by atoms with van der Waals surface area (Å²) >= 11 is 0. The molecule has 146 valence electrons. The summed E-state index contributed by atoms with van der Waals surface area (Å²) in [5.41, 5.74) is 2.94. The van der Waals surface area contributed by atoms with Crippen LogP contribution < -0.4 is 14.8 Å². The van der Waals surface area contributed by atoms with Crippen LogP contribution in [0.5, 0.6) is 11.5 Å². The Morgan fingerprint density at radius 3 is 2.46 bits per heavy atom. The normalized spacial score (nSPS) is 10.5. The number of imidazole rings is 1. The number of aromatic nitrogens is 2. The van der Waals surface area contributed by atoms with Gasteiger partial charge in [0.25, 0.3) is 5.91 Å². The summed E-state index contributed by atoms with van der Waals surface area (Å²) in [5, 5.41) is 2.98. The lowest BCUT2D eigenvalue weighted by molar-refractivity contribution is 0.0953. The van der Waals surface area contributed by atoms with Crippen molar-refractivity contribution in [2.75, 3.05) is 20.8 Å². The zero-order valence-electron chi connectivity index (χ0n) is 16.2. The monoisotopic (exact) mass is 379 g/mol. The van der Waals surface area contributed by atoms with Crippen molar-refractivity contribution in [2.24, 2.45) is 0 Å². The summed E-state index contributed by atoms with van der Waals surface area (Å²) in [6, 6.07) is 13.5. The number of amides is 1. The van der Waals surface area contributed by atoms with Gasteiger partial charge in [0.15, 0.2) is 11.5 Å². The zero-order chi connectivity index (χ0) is 19.8. The van der Waals surface area contributed by atoms with E-state index in [-0.39, 0.29) is 5.91 Å². The van der Waals surface area contributed by atoms with E-state index in [1.54, 1.807) is 26.7 Å². The highest BCUT2D eigenvalue weighted by molar-refractivity contribution is 5.94. The molecule has 6 heteroatoms. The van der Waals surface area contributed by atoms with Gasteiger partial charge in [0.2, 0.25) is 0 Å². The SMILES string of the molecule is COc1ccc(CCCNC(=O)c2ccc(Cn3ccnc3)cc2)cc1OC. The van der Waals surface area contributed by atoms with Crippen LogP contribution in [0.1, 0.15) is 27.9 Å². The Balaban J connectivity index is 1.45. The van der Waals surface area contributed by atoms with Crippen molar-refractivity contribution in [1.82, 2.24) is 14.9 Å². The molecule has 0 radical (unpaired) electrons. The molecule has 6 nitrogen and oxygen atoms in total. The van der Waals surface area contributed by atoms with Gasteiger partial charge in [-0.25, -0.2) is 4.98 Å². The van der Waals surface area contributed by atoms with E-state index in [4.69, 9.17) is 9.47 Å². The molecule has 1 aromatic heterocycles. The van der Waals surface area contributed by atoms with Crippen LogP contribution in [0.3, 0.4) is 0 Å². The van der Waals surface area contributed by atoms with Gasteiger partial charge in [0.1, 0.15) is 0 Å². The molecule has 0 aliphatic heterocycles. The number of aryl methyl sites for hydroxylation is 1.